The summed E-state index contributed by atoms with van der Waals surface area (Å²) in [6, 6.07) is 5.83. The fourth-order valence-corrected chi connectivity index (χ4v) is 4.12. The predicted octanol–water partition coefficient (Wildman–Crippen LogP) is 3.07. The van der Waals surface area contributed by atoms with Crippen molar-refractivity contribution >= 4 is 40.9 Å². The molecule has 1 aromatic heterocycles. The topological polar surface area (TPSA) is 84.4 Å². The molecule has 2 aromatic rings. The highest BCUT2D eigenvalue weighted by Crippen LogP contribution is 2.35. The fourth-order valence-electron chi connectivity index (χ4n) is 1.59. The number of benzene rings is 1. The highest BCUT2D eigenvalue weighted by molar-refractivity contribution is 8.01. The van der Waals surface area contributed by atoms with Crippen molar-refractivity contribution in [1.29, 1.82) is 0 Å². The van der Waals surface area contributed by atoms with Gasteiger partial charge in [-0.1, -0.05) is 29.9 Å². The molecule has 0 saturated carbocycles. The number of hydrogen-bond donors (Lipinski definition) is 2. The lowest BCUT2D eigenvalue weighted by molar-refractivity contribution is 0.318. The number of nitrogens with two attached hydrogens (primary N) is 1. The summed E-state index contributed by atoms with van der Waals surface area (Å²) >= 11 is 4.40. The third-order valence-corrected chi connectivity index (χ3v) is 5.16. The van der Waals surface area contributed by atoms with Crippen molar-refractivity contribution in [3.8, 4) is 0 Å². The molecule has 2 rings (SSSR count). The molecule has 0 bridgehead atoms. The molecule has 106 valence electrons. The average molecular weight is 326 g/mol. The number of oxime groups is 1. The molecule has 0 fully saturated rings. The largest absolute Gasteiger partial charge is 0.409 e. The third-order valence-electron chi connectivity index (χ3n) is 2.53. The van der Waals surface area contributed by atoms with Gasteiger partial charge in [0.1, 0.15) is 5.82 Å². The lowest BCUT2D eigenvalue weighted by atomic mass is 10.2. The molecule has 8 heteroatoms. The second-order valence-electron chi connectivity index (χ2n) is 3.75. The van der Waals surface area contributed by atoms with Crippen molar-refractivity contribution in [1.82, 2.24) is 9.36 Å². The van der Waals surface area contributed by atoms with Crippen LogP contribution in [0.5, 0.6) is 0 Å². The third kappa shape index (κ3) is 3.25. The number of aryl methyl sites for hydroxylation is 1. The Kier molecular flexibility index (Phi) is 5.27. The van der Waals surface area contributed by atoms with E-state index in [1.165, 1.54) is 23.3 Å². The molecule has 0 saturated heterocycles. The number of thioether (sulfide) groups is 1. The molecule has 1 aromatic carbocycles. The Morgan fingerprint density at radius 1 is 1.45 bits per heavy atom. The number of amidine groups is 1. The highest BCUT2D eigenvalue weighted by atomic mass is 32.2. The molecule has 0 radical (unpaired) electrons. The van der Waals surface area contributed by atoms with Crippen LogP contribution in [0.25, 0.3) is 0 Å². The summed E-state index contributed by atoms with van der Waals surface area (Å²) in [5.74, 6) is 0.946. The van der Waals surface area contributed by atoms with E-state index in [1.54, 1.807) is 11.8 Å². The van der Waals surface area contributed by atoms with Gasteiger partial charge in [0.25, 0.3) is 0 Å². The Labute approximate surface area is 129 Å². The highest BCUT2D eigenvalue weighted by Gasteiger charge is 2.15. The van der Waals surface area contributed by atoms with E-state index in [9.17, 15) is 0 Å². The van der Waals surface area contributed by atoms with Crippen LogP contribution in [0.15, 0.2) is 37.5 Å². The Hall–Kier alpha value is -1.25. The first-order chi connectivity index (χ1) is 9.69. The second-order valence-corrected chi connectivity index (χ2v) is 6.64. The summed E-state index contributed by atoms with van der Waals surface area (Å²) in [4.78, 5) is 6.30. The smallest absolute Gasteiger partial charge is 0.174 e. The molecule has 0 aliphatic carbocycles. The van der Waals surface area contributed by atoms with Crippen molar-refractivity contribution < 1.29 is 5.21 Å². The molecule has 0 aliphatic rings. The molecule has 0 spiro atoms. The van der Waals surface area contributed by atoms with Crippen LogP contribution in [-0.2, 0) is 6.42 Å². The summed E-state index contributed by atoms with van der Waals surface area (Å²) in [5, 5.41) is 12.1. The molecule has 0 atom stereocenters. The van der Waals surface area contributed by atoms with E-state index in [0.717, 1.165) is 31.9 Å². The van der Waals surface area contributed by atoms with Gasteiger partial charge in [-0.05, 0) is 29.9 Å². The zero-order valence-corrected chi connectivity index (χ0v) is 13.5. The van der Waals surface area contributed by atoms with Gasteiger partial charge in [0, 0.05) is 21.8 Å². The fraction of sp³-hybridized carbons (Fsp3) is 0.250. The van der Waals surface area contributed by atoms with E-state index >= 15 is 0 Å². The van der Waals surface area contributed by atoms with Gasteiger partial charge in [0.2, 0.25) is 0 Å². The van der Waals surface area contributed by atoms with Gasteiger partial charge < -0.3 is 10.9 Å². The Morgan fingerprint density at radius 2 is 2.20 bits per heavy atom. The van der Waals surface area contributed by atoms with Crippen LogP contribution in [-0.4, -0.2) is 26.7 Å². The van der Waals surface area contributed by atoms with Crippen LogP contribution < -0.4 is 5.73 Å². The minimum atomic E-state index is 0.109. The Bertz CT molecular complexity index is 627. The standard InChI is InChI=1S/C12H14N4OS3/c1-3-9-14-12(20-16-9)19-8-6-4-5-7(18-2)10(8)11(13)15-17/h4-6,17H,3H2,1-2H3,(H2,13,15). The van der Waals surface area contributed by atoms with Gasteiger partial charge in [-0.3, -0.25) is 0 Å². The Balaban J connectivity index is 2.40. The lowest BCUT2D eigenvalue weighted by Crippen LogP contribution is -2.15. The lowest BCUT2D eigenvalue weighted by Gasteiger charge is -2.10. The van der Waals surface area contributed by atoms with Gasteiger partial charge >= 0.3 is 0 Å². The zero-order valence-electron chi connectivity index (χ0n) is 11.0. The first kappa shape index (κ1) is 15.1. The predicted molar refractivity (Wildman–Crippen MR) is 84.1 cm³/mol. The van der Waals surface area contributed by atoms with Crippen molar-refractivity contribution in [2.75, 3.05) is 6.26 Å². The summed E-state index contributed by atoms with van der Waals surface area (Å²) in [5.41, 5.74) is 6.53. The van der Waals surface area contributed by atoms with Crippen LogP contribution in [0.3, 0.4) is 0 Å². The van der Waals surface area contributed by atoms with Crippen molar-refractivity contribution in [3.05, 3.63) is 29.6 Å². The molecule has 5 nitrogen and oxygen atoms in total. The summed E-state index contributed by atoms with van der Waals surface area (Å²) in [7, 11) is 0. The number of rotatable bonds is 5. The van der Waals surface area contributed by atoms with E-state index in [4.69, 9.17) is 10.9 Å². The number of aromatic nitrogens is 2. The maximum absolute atomic E-state index is 8.96. The monoisotopic (exact) mass is 326 g/mol. The van der Waals surface area contributed by atoms with Crippen LogP contribution in [0, 0.1) is 0 Å². The average Bonchev–Trinajstić information content (AvgIpc) is 2.93. The summed E-state index contributed by atoms with van der Waals surface area (Å²) in [6.45, 7) is 2.02. The van der Waals surface area contributed by atoms with Crippen LogP contribution in [0.2, 0.25) is 0 Å². The molecule has 20 heavy (non-hydrogen) atoms. The molecule has 3 N–H and O–H groups in total. The minimum Gasteiger partial charge on any atom is -0.409 e. The van der Waals surface area contributed by atoms with Crippen molar-refractivity contribution in [2.45, 2.75) is 27.5 Å². The quantitative estimate of drug-likeness (QED) is 0.289. The van der Waals surface area contributed by atoms with Crippen LogP contribution >= 0.6 is 35.1 Å². The van der Waals surface area contributed by atoms with Crippen molar-refractivity contribution in [2.24, 2.45) is 10.9 Å². The molecule has 0 aliphatic heterocycles. The second kappa shape index (κ2) is 6.96. The van der Waals surface area contributed by atoms with E-state index in [-0.39, 0.29) is 5.84 Å². The number of nitrogens with zero attached hydrogens (tertiary/aromatic N) is 3. The maximum Gasteiger partial charge on any atom is 0.174 e. The normalized spacial score (nSPS) is 11.8. The molecule has 0 unspecified atom stereocenters. The first-order valence-corrected chi connectivity index (χ1v) is 8.66. The van der Waals surface area contributed by atoms with Gasteiger partial charge in [-0.15, -0.1) is 11.8 Å². The maximum atomic E-state index is 8.96. The van der Waals surface area contributed by atoms with Crippen LogP contribution in [0.4, 0.5) is 0 Å². The summed E-state index contributed by atoms with van der Waals surface area (Å²) < 4.78 is 5.12. The Morgan fingerprint density at radius 3 is 2.80 bits per heavy atom. The molecular weight excluding hydrogens is 312 g/mol. The van der Waals surface area contributed by atoms with E-state index in [2.05, 4.69) is 14.5 Å². The van der Waals surface area contributed by atoms with E-state index in [1.807, 2.05) is 31.4 Å². The van der Waals surface area contributed by atoms with E-state index < -0.39 is 0 Å². The molecule has 0 amide bonds. The molecule has 1 heterocycles. The zero-order chi connectivity index (χ0) is 14.5. The van der Waals surface area contributed by atoms with Gasteiger partial charge in [-0.2, -0.15) is 4.37 Å². The SMILES string of the molecule is CCc1nsc(Sc2cccc(SC)c2/C(N)=N/O)n1. The first-order valence-electron chi connectivity index (χ1n) is 5.85. The van der Waals surface area contributed by atoms with E-state index in [0.29, 0.717) is 0 Å². The van der Waals surface area contributed by atoms with Gasteiger partial charge in [0.15, 0.2) is 10.2 Å². The van der Waals surface area contributed by atoms with Crippen molar-refractivity contribution in [3.63, 3.8) is 0 Å². The molecular formula is C12H14N4OS3. The number of hydrogen-bond acceptors (Lipinski definition) is 7. The van der Waals surface area contributed by atoms with Crippen LogP contribution in [0.1, 0.15) is 18.3 Å². The van der Waals surface area contributed by atoms with Gasteiger partial charge in [0.05, 0.1) is 0 Å². The van der Waals surface area contributed by atoms with Gasteiger partial charge in [-0.25, -0.2) is 4.98 Å². The summed E-state index contributed by atoms with van der Waals surface area (Å²) in [6.07, 6.45) is 2.77. The minimum absolute atomic E-state index is 0.109.